The molecule has 0 spiro atoms. The van der Waals surface area contributed by atoms with Crippen molar-refractivity contribution in [2.75, 3.05) is 50.1 Å². The minimum absolute atomic E-state index is 0.00443. The number of anilines is 2. The molecule has 0 aromatic heterocycles. The van der Waals surface area contributed by atoms with Crippen LogP contribution in [0.2, 0.25) is 0 Å². The van der Waals surface area contributed by atoms with Crippen LogP contribution >= 0.6 is 0 Å². The minimum atomic E-state index is -0.520. The standard InChI is InChI=1S/C28H29N3O4/c1-34-27(32)16-19-14-20(17-21(15-19)31-12-10-29-11-13-31)30-28(33)35-18-26-24-8-4-2-6-22(24)23-7-3-5-9-25(23)26/h2-9,14-15,17,26,29H,10-13,16,18H2,1H3,(H,30,33). The Kier molecular flexibility index (Phi) is 6.68. The lowest BCUT2D eigenvalue weighted by molar-refractivity contribution is -0.139. The van der Waals surface area contributed by atoms with E-state index in [9.17, 15) is 9.59 Å². The minimum Gasteiger partial charge on any atom is -0.469 e. The number of hydrogen-bond acceptors (Lipinski definition) is 6. The Morgan fingerprint density at radius 2 is 1.63 bits per heavy atom. The highest BCUT2D eigenvalue weighted by Gasteiger charge is 2.29. The highest BCUT2D eigenvalue weighted by molar-refractivity contribution is 5.86. The first-order chi connectivity index (χ1) is 17.1. The molecule has 7 nitrogen and oxygen atoms in total. The van der Waals surface area contributed by atoms with Gasteiger partial charge in [0.2, 0.25) is 0 Å². The van der Waals surface area contributed by atoms with E-state index in [-0.39, 0.29) is 24.9 Å². The molecule has 1 heterocycles. The summed E-state index contributed by atoms with van der Waals surface area (Å²) in [4.78, 5) is 27.0. The molecule has 1 saturated heterocycles. The number of benzene rings is 3. The van der Waals surface area contributed by atoms with Crippen molar-refractivity contribution in [1.29, 1.82) is 0 Å². The number of hydrogen-bond donors (Lipinski definition) is 2. The molecular weight excluding hydrogens is 442 g/mol. The molecule has 0 radical (unpaired) electrons. The molecule has 3 aromatic rings. The van der Waals surface area contributed by atoms with Gasteiger partial charge in [0.1, 0.15) is 6.61 Å². The first kappa shape index (κ1) is 22.9. The predicted molar refractivity (Wildman–Crippen MR) is 136 cm³/mol. The maximum absolute atomic E-state index is 12.8. The maximum Gasteiger partial charge on any atom is 0.411 e. The van der Waals surface area contributed by atoms with Gasteiger partial charge in [-0.05, 0) is 46.0 Å². The van der Waals surface area contributed by atoms with Crippen LogP contribution in [0.5, 0.6) is 0 Å². The second kappa shape index (κ2) is 10.2. The zero-order valence-corrected chi connectivity index (χ0v) is 19.8. The van der Waals surface area contributed by atoms with Crippen LogP contribution in [0.4, 0.5) is 16.2 Å². The number of esters is 1. The fourth-order valence-electron chi connectivity index (χ4n) is 4.95. The monoisotopic (exact) mass is 471 g/mol. The highest BCUT2D eigenvalue weighted by atomic mass is 16.5. The molecule has 0 saturated carbocycles. The third kappa shape index (κ3) is 5.00. The largest absolute Gasteiger partial charge is 0.469 e. The molecule has 1 amide bonds. The van der Waals surface area contributed by atoms with Crippen molar-refractivity contribution >= 4 is 23.4 Å². The quantitative estimate of drug-likeness (QED) is 0.526. The van der Waals surface area contributed by atoms with Gasteiger partial charge in [0, 0.05) is 43.5 Å². The van der Waals surface area contributed by atoms with Crippen molar-refractivity contribution in [3.8, 4) is 11.1 Å². The number of rotatable bonds is 6. The first-order valence-corrected chi connectivity index (χ1v) is 11.9. The van der Waals surface area contributed by atoms with Crippen LogP contribution in [0.25, 0.3) is 11.1 Å². The van der Waals surface area contributed by atoms with Gasteiger partial charge in [-0.3, -0.25) is 10.1 Å². The van der Waals surface area contributed by atoms with E-state index >= 15 is 0 Å². The number of amides is 1. The van der Waals surface area contributed by atoms with Crippen LogP contribution in [0.1, 0.15) is 22.6 Å². The van der Waals surface area contributed by atoms with Crippen LogP contribution in [0.3, 0.4) is 0 Å². The maximum atomic E-state index is 12.8. The summed E-state index contributed by atoms with van der Waals surface area (Å²) >= 11 is 0. The Bertz CT molecular complexity index is 1190. The Balaban J connectivity index is 1.31. The molecular formula is C28H29N3O4. The average molecular weight is 472 g/mol. The third-order valence-corrected chi connectivity index (χ3v) is 6.63. The van der Waals surface area contributed by atoms with Crippen molar-refractivity contribution in [3.63, 3.8) is 0 Å². The number of carbonyl (C=O) groups excluding carboxylic acids is 2. The summed E-state index contributed by atoms with van der Waals surface area (Å²) in [6.45, 7) is 3.72. The molecule has 180 valence electrons. The molecule has 0 atom stereocenters. The Hall–Kier alpha value is -3.84. The molecule has 0 bridgehead atoms. The van der Waals surface area contributed by atoms with Crippen LogP contribution in [0, 0.1) is 0 Å². The molecule has 0 unspecified atom stereocenters. The van der Waals surface area contributed by atoms with E-state index in [1.54, 1.807) is 6.07 Å². The number of piperazine rings is 1. The normalized spacial score (nSPS) is 14.7. The second-order valence-electron chi connectivity index (χ2n) is 8.83. The van der Waals surface area contributed by atoms with E-state index in [0.717, 1.165) is 37.4 Å². The van der Waals surface area contributed by atoms with Crippen molar-refractivity contribution < 1.29 is 19.1 Å². The van der Waals surface area contributed by atoms with E-state index < -0.39 is 6.09 Å². The molecule has 1 aliphatic heterocycles. The Labute approximate surface area is 205 Å². The summed E-state index contributed by atoms with van der Waals surface area (Å²) in [6, 6.07) is 22.2. The summed E-state index contributed by atoms with van der Waals surface area (Å²) in [6.07, 6.45) is -0.385. The van der Waals surface area contributed by atoms with Crippen LogP contribution < -0.4 is 15.5 Å². The molecule has 1 fully saturated rings. The number of fused-ring (bicyclic) bond motifs is 3. The van der Waals surface area contributed by atoms with Gasteiger partial charge in [0.25, 0.3) is 0 Å². The van der Waals surface area contributed by atoms with Crippen molar-refractivity contribution in [3.05, 3.63) is 83.4 Å². The van der Waals surface area contributed by atoms with Gasteiger partial charge >= 0.3 is 12.1 Å². The molecule has 3 aromatic carbocycles. The lowest BCUT2D eigenvalue weighted by atomic mass is 9.98. The Morgan fingerprint density at radius 3 is 2.29 bits per heavy atom. The number of nitrogens with one attached hydrogen (secondary N) is 2. The van der Waals surface area contributed by atoms with E-state index in [1.165, 1.54) is 29.4 Å². The number of carbonyl (C=O) groups is 2. The molecule has 35 heavy (non-hydrogen) atoms. The number of ether oxygens (including phenoxy) is 2. The van der Waals surface area contributed by atoms with Gasteiger partial charge in [-0.1, -0.05) is 48.5 Å². The van der Waals surface area contributed by atoms with Gasteiger partial charge in [-0.25, -0.2) is 4.79 Å². The summed E-state index contributed by atoms with van der Waals surface area (Å²) in [5.41, 5.74) is 7.05. The highest BCUT2D eigenvalue weighted by Crippen LogP contribution is 2.44. The summed E-state index contributed by atoms with van der Waals surface area (Å²) in [7, 11) is 1.37. The fourth-order valence-corrected chi connectivity index (χ4v) is 4.95. The van der Waals surface area contributed by atoms with Gasteiger partial charge in [0.05, 0.1) is 13.5 Å². The zero-order chi connectivity index (χ0) is 24.2. The van der Waals surface area contributed by atoms with Gasteiger partial charge in [-0.15, -0.1) is 0 Å². The topological polar surface area (TPSA) is 79.9 Å². The summed E-state index contributed by atoms with van der Waals surface area (Å²) in [5.74, 6) is -0.329. The van der Waals surface area contributed by atoms with Crippen molar-refractivity contribution in [2.45, 2.75) is 12.3 Å². The average Bonchev–Trinajstić information content (AvgIpc) is 3.21. The molecule has 2 N–H and O–H groups in total. The summed E-state index contributed by atoms with van der Waals surface area (Å²) < 4.78 is 10.5. The van der Waals surface area contributed by atoms with Gasteiger partial charge < -0.3 is 19.7 Å². The molecule has 7 heteroatoms. The predicted octanol–water partition coefficient (Wildman–Crippen LogP) is 4.17. The first-order valence-electron chi connectivity index (χ1n) is 11.9. The smallest absolute Gasteiger partial charge is 0.411 e. The number of methoxy groups -OCH3 is 1. The molecule has 2 aliphatic rings. The van der Waals surface area contributed by atoms with Crippen LogP contribution in [0.15, 0.2) is 66.7 Å². The van der Waals surface area contributed by atoms with E-state index in [1.807, 2.05) is 36.4 Å². The van der Waals surface area contributed by atoms with E-state index in [0.29, 0.717) is 5.69 Å². The lowest BCUT2D eigenvalue weighted by Crippen LogP contribution is -2.43. The summed E-state index contributed by atoms with van der Waals surface area (Å²) in [5, 5.41) is 6.21. The molecule has 5 rings (SSSR count). The SMILES string of the molecule is COC(=O)Cc1cc(NC(=O)OCC2c3ccccc3-c3ccccc32)cc(N2CCNCC2)c1. The van der Waals surface area contributed by atoms with Crippen molar-refractivity contribution in [2.24, 2.45) is 0 Å². The fraction of sp³-hybridized carbons (Fsp3) is 0.286. The van der Waals surface area contributed by atoms with Crippen LogP contribution in [-0.4, -0.2) is 52.0 Å². The third-order valence-electron chi connectivity index (χ3n) is 6.63. The van der Waals surface area contributed by atoms with Gasteiger partial charge in [-0.2, -0.15) is 0 Å². The number of nitrogens with zero attached hydrogens (tertiary/aromatic N) is 1. The van der Waals surface area contributed by atoms with Gasteiger partial charge in [0.15, 0.2) is 0 Å². The van der Waals surface area contributed by atoms with Crippen molar-refractivity contribution in [1.82, 2.24) is 5.32 Å². The lowest BCUT2D eigenvalue weighted by Gasteiger charge is -2.30. The van der Waals surface area contributed by atoms with E-state index in [2.05, 4.69) is 39.8 Å². The van der Waals surface area contributed by atoms with E-state index in [4.69, 9.17) is 9.47 Å². The van der Waals surface area contributed by atoms with Crippen LogP contribution in [-0.2, 0) is 20.7 Å². The second-order valence-corrected chi connectivity index (χ2v) is 8.83. The zero-order valence-electron chi connectivity index (χ0n) is 19.8. The molecule has 1 aliphatic carbocycles. The Morgan fingerprint density at radius 1 is 0.971 bits per heavy atom.